The van der Waals surface area contributed by atoms with Crippen molar-refractivity contribution >= 4 is 32.8 Å². The summed E-state index contributed by atoms with van der Waals surface area (Å²) in [6, 6.07) is 48.3. The normalized spacial score (nSPS) is 16.3. The van der Waals surface area contributed by atoms with Gasteiger partial charge in [0.15, 0.2) is 0 Å². The Morgan fingerprint density at radius 2 is 1.30 bits per heavy atom. The molecule has 1 fully saturated rings. The van der Waals surface area contributed by atoms with Crippen molar-refractivity contribution in [2.45, 2.75) is 116 Å². The number of fused-ring (bicyclic) bond motifs is 9. The fourth-order valence-electron chi connectivity index (χ4n) is 11.0. The van der Waals surface area contributed by atoms with Crippen LogP contribution in [0.5, 0.6) is 5.75 Å². The first-order chi connectivity index (χ1) is 31.1. The standard InChI is InChI=1S/C60H59N4O.Pd/c1-58(2,3)38-28-30-50(47(33-38)36-18-11-10-12-19-36)63-51-26-16-22-40(53(51)62-57(63)48-34-39(59(4,5)6)35-49(55(48)65)60(7,8)9)37-27-29-43-45-24-15-23-44-41-20-13-14-21-42(41)46-25-17-31-61-56(46)64(54(44)45)52(43)32-37;/h10-12,15-19,22-31,33-35,41-42,65H,13-14,20-21H2,1-9H3;/q-1;. The molecule has 9 aromatic rings. The maximum atomic E-state index is 12.6. The summed E-state index contributed by atoms with van der Waals surface area (Å²) in [7, 11) is 0. The van der Waals surface area contributed by atoms with E-state index < -0.39 is 0 Å². The first-order valence-corrected chi connectivity index (χ1v) is 23.6. The summed E-state index contributed by atoms with van der Waals surface area (Å²) in [5, 5.41) is 15.0. The molecular weight excluding hydrogens is 899 g/mol. The second-order valence-corrected chi connectivity index (χ2v) is 21.8. The van der Waals surface area contributed by atoms with Crippen LogP contribution in [0.25, 0.3) is 78.0 Å². The van der Waals surface area contributed by atoms with Crippen LogP contribution in [0.3, 0.4) is 0 Å². The molecule has 2 aliphatic rings. The summed E-state index contributed by atoms with van der Waals surface area (Å²) in [5.41, 5.74) is 15.5. The van der Waals surface area contributed by atoms with Crippen LogP contribution >= 0.6 is 0 Å². The Balaban J connectivity index is 0.00000511. The zero-order valence-electron chi connectivity index (χ0n) is 39.7. The van der Waals surface area contributed by atoms with E-state index in [1.165, 1.54) is 58.7 Å². The van der Waals surface area contributed by atoms with Crippen LogP contribution in [0.4, 0.5) is 0 Å². The number of hydrogen-bond acceptors (Lipinski definition) is 3. The molecule has 0 radical (unpaired) electrons. The molecule has 0 amide bonds. The maximum absolute atomic E-state index is 12.6. The van der Waals surface area contributed by atoms with Gasteiger partial charge < -0.3 is 9.67 Å². The molecule has 3 aromatic heterocycles. The Morgan fingerprint density at radius 3 is 2.03 bits per heavy atom. The number of pyridine rings is 1. The average Bonchev–Trinajstić information content (AvgIpc) is 3.80. The summed E-state index contributed by atoms with van der Waals surface area (Å²) < 4.78 is 4.72. The SMILES string of the molecule is CC(C)(C)c1ccc(-n2c(-c3cc(C(C)(C)C)cc(C(C)(C)C)c3O)nc3c(-c4[c-]c5c(cc4)c4cccc6c4n5-c4ncccc4C4CCCCC64)cccc32)c(-c2ccccc2)c1.[Pd]. The maximum Gasteiger partial charge on any atom is 0.148 e. The van der Waals surface area contributed by atoms with Crippen LogP contribution < -0.4 is 0 Å². The number of nitrogens with zero attached hydrogens (tertiary/aromatic N) is 4. The van der Waals surface area contributed by atoms with Gasteiger partial charge >= 0.3 is 0 Å². The quantitative estimate of drug-likeness (QED) is 0.141. The summed E-state index contributed by atoms with van der Waals surface area (Å²) in [5.74, 6) is 2.90. The third-order valence-corrected chi connectivity index (χ3v) is 14.5. The van der Waals surface area contributed by atoms with E-state index in [0.717, 1.165) is 67.0 Å². The van der Waals surface area contributed by atoms with E-state index in [4.69, 9.17) is 9.97 Å². The van der Waals surface area contributed by atoms with E-state index in [1.807, 2.05) is 6.20 Å². The summed E-state index contributed by atoms with van der Waals surface area (Å²) in [4.78, 5) is 10.9. The van der Waals surface area contributed by atoms with Gasteiger partial charge in [0.25, 0.3) is 0 Å². The Hall–Kier alpha value is -5.80. The molecule has 0 saturated heterocycles. The minimum absolute atomic E-state index is 0. The average molecular weight is 959 g/mol. The van der Waals surface area contributed by atoms with E-state index in [9.17, 15) is 5.11 Å². The van der Waals surface area contributed by atoms with Crippen LogP contribution in [-0.2, 0) is 36.7 Å². The third-order valence-electron chi connectivity index (χ3n) is 14.5. The fourth-order valence-corrected chi connectivity index (χ4v) is 11.0. The monoisotopic (exact) mass is 957 g/mol. The van der Waals surface area contributed by atoms with E-state index in [1.54, 1.807) is 0 Å². The van der Waals surface area contributed by atoms with Crippen molar-refractivity contribution in [1.29, 1.82) is 0 Å². The van der Waals surface area contributed by atoms with Gasteiger partial charge in [0.1, 0.15) is 17.4 Å². The van der Waals surface area contributed by atoms with Gasteiger partial charge in [-0.25, -0.2) is 9.97 Å². The number of phenols is 1. The van der Waals surface area contributed by atoms with Gasteiger partial charge in [-0.2, -0.15) is 0 Å². The molecule has 0 bridgehead atoms. The second kappa shape index (κ2) is 15.9. The number of aromatic hydroxyl groups is 1. The number of imidazole rings is 1. The molecule has 6 aromatic carbocycles. The molecule has 1 aliphatic carbocycles. The van der Waals surface area contributed by atoms with Gasteiger partial charge in [-0.15, -0.1) is 23.8 Å². The third kappa shape index (κ3) is 7.06. The van der Waals surface area contributed by atoms with Crippen LogP contribution in [0.1, 0.15) is 128 Å². The molecule has 66 heavy (non-hydrogen) atoms. The fraction of sp³-hybridized carbons (Fsp3) is 0.300. The Labute approximate surface area is 403 Å². The predicted molar refractivity (Wildman–Crippen MR) is 270 cm³/mol. The first kappa shape index (κ1) is 44.1. The van der Waals surface area contributed by atoms with E-state index >= 15 is 0 Å². The van der Waals surface area contributed by atoms with Crippen molar-refractivity contribution in [2.75, 3.05) is 0 Å². The molecule has 0 spiro atoms. The molecule has 1 aliphatic heterocycles. The van der Waals surface area contributed by atoms with Gasteiger partial charge in [-0.1, -0.05) is 165 Å². The smallest absolute Gasteiger partial charge is 0.148 e. The van der Waals surface area contributed by atoms with Crippen molar-refractivity contribution in [3.63, 3.8) is 0 Å². The summed E-state index contributed by atoms with van der Waals surface area (Å²) in [6.45, 7) is 20.1. The largest absolute Gasteiger partial charge is 0.507 e. The zero-order valence-corrected chi connectivity index (χ0v) is 41.2. The van der Waals surface area contributed by atoms with E-state index in [-0.39, 0.29) is 42.4 Å². The molecule has 1 saturated carbocycles. The van der Waals surface area contributed by atoms with Gasteiger partial charge in [-0.3, -0.25) is 4.57 Å². The first-order valence-electron chi connectivity index (χ1n) is 23.6. The Bertz CT molecular complexity index is 3350. The Kier molecular flexibility index (Phi) is 10.6. The second-order valence-electron chi connectivity index (χ2n) is 21.8. The molecule has 4 heterocycles. The minimum atomic E-state index is -0.318. The van der Waals surface area contributed by atoms with Crippen molar-refractivity contribution in [3.05, 3.63) is 161 Å². The number of aromatic nitrogens is 4. The van der Waals surface area contributed by atoms with Gasteiger partial charge in [0.05, 0.1) is 22.3 Å². The van der Waals surface area contributed by atoms with Crippen molar-refractivity contribution in [2.24, 2.45) is 0 Å². The molecule has 5 nitrogen and oxygen atoms in total. The number of para-hydroxylation sites is 2. The molecule has 2 unspecified atom stereocenters. The Morgan fingerprint density at radius 1 is 0.606 bits per heavy atom. The molecule has 11 rings (SSSR count). The predicted octanol–water partition coefficient (Wildman–Crippen LogP) is 15.7. The van der Waals surface area contributed by atoms with Crippen LogP contribution in [0.2, 0.25) is 0 Å². The molecule has 336 valence electrons. The number of rotatable bonds is 4. The van der Waals surface area contributed by atoms with Crippen LogP contribution in [0.15, 0.2) is 128 Å². The van der Waals surface area contributed by atoms with E-state index in [2.05, 4.69) is 199 Å². The molecule has 1 N–H and O–H groups in total. The van der Waals surface area contributed by atoms with Crippen molar-refractivity contribution < 1.29 is 25.5 Å². The number of hydrogen-bond donors (Lipinski definition) is 1. The van der Waals surface area contributed by atoms with Crippen LogP contribution in [-0.4, -0.2) is 24.2 Å². The minimum Gasteiger partial charge on any atom is -0.507 e. The zero-order chi connectivity index (χ0) is 45.2. The number of benzene rings is 6. The number of phenolic OH excluding ortho intramolecular Hbond substituents is 1. The summed E-state index contributed by atoms with van der Waals surface area (Å²) in [6.07, 6.45) is 6.83. The van der Waals surface area contributed by atoms with Gasteiger partial charge in [-0.05, 0) is 110 Å². The van der Waals surface area contributed by atoms with Crippen LogP contribution in [0, 0.1) is 6.07 Å². The van der Waals surface area contributed by atoms with Gasteiger partial charge in [0, 0.05) is 43.3 Å². The topological polar surface area (TPSA) is 55.9 Å². The van der Waals surface area contributed by atoms with Crippen molar-refractivity contribution in [3.8, 4) is 50.9 Å². The van der Waals surface area contributed by atoms with E-state index in [0.29, 0.717) is 17.7 Å². The van der Waals surface area contributed by atoms with Crippen molar-refractivity contribution in [1.82, 2.24) is 19.1 Å². The molecule has 2 atom stereocenters. The summed E-state index contributed by atoms with van der Waals surface area (Å²) >= 11 is 0. The van der Waals surface area contributed by atoms with Gasteiger partial charge in [0.2, 0.25) is 0 Å². The molecular formula is C60H59N4OPd-. The molecule has 6 heteroatoms.